The predicted molar refractivity (Wildman–Crippen MR) is 77.9 cm³/mol. The fourth-order valence-corrected chi connectivity index (χ4v) is 2.62. The van der Waals surface area contributed by atoms with Crippen LogP contribution in [0.5, 0.6) is 5.75 Å². The zero-order valence-electron chi connectivity index (χ0n) is 10.5. The minimum atomic E-state index is -4.92. The van der Waals surface area contributed by atoms with Crippen molar-refractivity contribution in [1.82, 2.24) is 4.98 Å². The van der Waals surface area contributed by atoms with Crippen LogP contribution in [0.3, 0.4) is 0 Å². The van der Waals surface area contributed by atoms with E-state index in [0.717, 1.165) is 10.9 Å². The van der Waals surface area contributed by atoms with Crippen molar-refractivity contribution >= 4 is 48.4 Å². The van der Waals surface area contributed by atoms with Crippen LogP contribution in [-0.2, 0) is 4.79 Å². The largest absolute Gasteiger partial charge is 0.497 e. The van der Waals surface area contributed by atoms with E-state index in [4.69, 9.17) is 4.74 Å². The highest BCUT2D eigenvalue weighted by molar-refractivity contribution is 9.12. The van der Waals surface area contributed by atoms with Crippen LogP contribution in [-0.4, -0.2) is 24.1 Å². The first-order chi connectivity index (χ1) is 9.81. The van der Waals surface area contributed by atoms with Gasteiger partial charge in [-0.3, -0.25) is 4.79 Å². The maximum atomic E-state index is 12.2. The molecule has 2 aromatic rings. The second-order valence-corrected chi connectivity index (χ2v) is 5.70. The number of aromatic nitrogens is 1. The van der Waals surface area contributed by atoms with E-state index in [9.17, 15) is 18.0 Å². The molecule has 112 valence electrons. The molecular formula is C12H8BrF3N2O2S. The Morgan fingerprint density at radius 2 is 2.19 bits per heavy atom. The Morgan fingerprint density at radius 1 is 1.48 bits per heavy atom. The van der Waals surface area contributed by atoms with Gasteiger partial charge >= 0.3 is 6.18 Å². The quantitative estimate of drug-likeness (QED) is 0.811. The van der Waals surface area contributed by atoms with Gasteiger partial charge in [0.2, 0.25) is 0 Å². The topological polar surface area (TPSA) is 51.2 Å². The third kappa shape index (κ3) is 3.73. The highest BCUT2D eigenvalue weighted by Crippen LogP contribution is 2.30. The lowest BCUT2D eigenvalue weighted by Gasteiger charge is -2.03. The number of halogens is 4. The van der Waals surface area contributed by atoms with Crippen LogP contribution in [0.2, 0.25) is 0 Å². The van der Waals surface area contributed by atoms with Crippen molar-refractivity contribution in [3.8, 4) is 5.75 Å². The summed E-state index contributed by atoms with van der Waals surface area (Å²) in [6.45, 7) is 0. The van der Waals surface area contributed by atoms with Crippen molar-refractivity contribution in [3.63, 3.8) is 0 Å². The number of anilines is 1. The molecule has 0 bridgehead atoms. The molecule has 1 N–H and O–H groups in total. The van der Waals surface area contributed by atoms with E-state index in [1.54, 1.807) is 18.2 Å². The summed E-state index contributed by atoms with van der Waals surface area (Å²) in [4.78, 5) is 15.1. The van der Waals surface area contributed by atoms with Crippen LogP contribution >= 0.6 is 27.3 Å². The zero-order chi connectivity index (χ0) is 15.6. The van der Waals surface area contributed by atoms with E-state index >= 15 is 0 Å². The Kier molecular flexibility index (Phi) is 4.52. The average Bonchev–Trinajstić information content (AvgIpc) is 2.84. The number of rotatable bonds is 4. The number of hydrogen-bond donors (Lipinski definition) is 1. The molecular weight excluding hydrogens is 373 g/mol. The Hall–Kier alpha value is -1.61. The molecule has 0 unspecified atom stereocenters. The number of benzene rings is 1. The summed E-state index contributed by atoms with van der Waals surface area (Å²) < 4.78 is 41.9. The van der Waals surface area contributed by atoms with Crippen molar-refractivity contribution in [1.29, 1.82) is 0 Å². The van der Waals surface area contributed by atoms with Gasteiger partial charge in [-0.05, 0) is 34.1 Å². The standard InChI is InChI=1S/C12H8BrF3N2O2S/c1-20-6-2-3-8-9(4-6)21-11(18-8)17-5-7(13)10(19)12(14,15)16/h2-5H,1H3,(H,17,18). The molecule has 0 amide bonds. The van der Waals surface area contributed by atoms with Gasteiger partial charge in [0.05, 0.1) is 21.8 Å². The Balaban J connectivity index is 2.18. The first-order valence-electron chi connectivity index (χ1n) is 5.49. The number of hydrogen-bond acceptors (Lipinski definition) is 5. The van der Waals surface area contributed by atoms with Crippen molar-refractivity contribution in [2.45, 2.75) is 6.18 Å². The molecule has 1 aromatic heterocycles. The number of nitrogens with one attached hydrogen (secondary N) is 1. The molecule has 4 nitrogen and oxygen atoms in total. The Bertz CT molecular complexity index is 712. The lowest BCUT2D eigenvalue weighted by molar-refractivity contribution is -0.165. The van der Waals surface area contributed by atoms with E-state index < -0.39 is 16.4 Å². The SMILES string of the molecule is COc1ccc2nc(NC=C(Br)C(=O)C(F)(F)F)sc2c1. The fourth-order valence-electron chi connectivity index (χ4n) is 1.42. The number of allylic oxidation sites excluding steroid dienone is 1. The molecule has 1 heterocycles. The first-order valence-corrected chi connectivity index (χ1v) is 7.10. The maximum absolute atomic E-state index is 12.2. The summed E-state index contributed by atoms with van der Waals surface area (Å²) in [5, 5.41) is 2.93. The van der Waals surface area contributed by atoms with Gasteiger partial charge in [0, 0.05) is 6.20 Å². The number of carbonyl (C=O) groups excluding carboxylic acids is 1. The molecule has 1 aromatic carbocycles. The Labute approximate surface area is 129 Å². The van der Waals surface area contributed by atoms with Gasteiger partial charge in [0.1, 0.15) is 5.75 Å². The third-order valence-corrected chi connectivity index (χ3v) is 3.93. The van der Waals surface area contributed by atoms with Gasteiger partial charge in [-0.15, -0.1) is 0 Å². The van der Waals surface area contributed by atoms with E-state index in [0.29, 0.717) is 16.4 Å². The number of nitrogens with zero attached hydrogens (tertiary/aromatic N) is 1. The summed E-state index contributed by atoms with van der Waals surface area (Å²) in [6.07, 6.45) is -4.00. The highest BCUT2D eigenvalue weighted by atomic mass is 79.9. The molecule has 0 atom stereocenters. The number of ether oxygens (including phenoxy) is 1. The number of alkyl halides is 3. The van der Waals surface area contributed by atoms with Crippen LogP contribution in [0.1, 0.15) is 0 Å². The van der Waals surface area contributed by atoms with E-state index in [1.807, 2.05) is 0 Å². The molecule has 0 aliphatic heterocycles. The minimum Gasteiger partial charge on any atom is -0.497 e. The molecule has 9 heteroatoms. The highest BCUT2D eigenvalue weighted by Gasteiger charge is 2.39. The van der Waals surface area contributed by atoms with Crippen molar-refractivity contribution in [3.05, 3.63) is 28.9 Å². The van der Waals surface area contributed by atoms with Crippen LogP contribution in [0.25, 0.3) is 10.2 Å². The summed E-state index contributed by atoms with van der Waals surface area (Å²) in [5.74, 6) is -1.31. The number of Topliss-reactive ketones (excluding diaryl/α,β-unsaturated/α-hetero) is 1. The summed E-state index contributed by atoms with van der Waals surface area (Å²) in [7, 11) is 1.53. The second kappa shape index (κ2) is 6.02. The van der Waals surface area contributed by atoms with Crippen molar-refractivity contribution in [2.24, 2.45) is 0 Å². The summed E-state index contributed by atoms with van der Waals surface area (Å²) in [6, 6.07) is 5.22. The van der Waals surface area contributed by atoms with Crippen molar-refractivity contribution in [2.75, 3.05) is 12.4 Å². The van der Waals surface area contributed by atoms with Gasteiger partial charge in [-0.2, -0.15) is 13.2 Å². The van der Waals surface area contributed by atoms with Gasteiger partial charge in [-0.1, -0.05) is 11.3 Å². The average molecular weight is 381 g/mol. The van der Waals surface area contributed by atoms with Gasteiger partial charge in [0.25, 0.3) is 5.78 Å². The number of fused-ring (bicyclic) bond motifs is 1. The van der Waals surface area contributed by atoms with Gasteiger partial charge in [0.15, 0.2) is 5.13 Å². The molecule has 0 aliphatic carbocycles. The minimum absolute atomic E-state index is 0.366. The van der Waals surface area contributed by atoms with E-state index in [1.165, 1.54) is 18.4 Å². The molecule has 0 spiro atoms. The number of ketones is 1. The Morgan fingerprint density at radius 3 is 2.81 bits per heavy atom. The van der Waals surface area contributed by atoms with Crippen LogP contribution in [0, 0.1) is 0 Å². The second-order valence-electron chi connectivity index (χ2n) is 3.82. The van der Waals surface area contributed by atoms with Gasteiger partial charge in [-0.25, -0.2) is 4.98 Å². The molecule has 0 saturated heterocycles. The normalized spacial score (nSPS) is 12.5. The third-order valence-electron chi connectivity index (χ3n) is 2.39. The summed E-state index contributed by atoms with van der Waals surface area (Å²) in [5.41, 5.74) is 0.676. The number of methoxy groups -OCH3 is 1. The number of carbonyl (C=O) groups is 1. The van der Waals surface area contributed by atoms with Crippen LogP contribution in [0.4, 0.5) is 18.3 Å². The lowest BCUT2D eigenvalue weighted by atomic mass is 10.3. The van der Waals surface area contributed by atoms with E-state index in [2.05, 4.69) is 26.2 Å². The predicted octanol–water partition coefficient (Wildman–Crippen LogP) is 4.08. The monoisotopic (exact) mass is 380 g/mol. The molecule has 0 radical (unpaired) electrons. The van der Waals surface area contributed by atoms with Gasteiger partial charge < -0.3 is 10.1 Å². The number of thiazole rings is 1. The molecule has 2 rings (SSSR count). The fraction of sp³-hybridized carbons (Fsp3) is 0.167. The van der Waals surface area contributed by atoms with Crippen molar-refractivity contribution < 1.29 is 22.7 Å². The smallest absolute Gasteiger partial charge is 0.455 e. The molecule has 21 heavy (non-hydrogen) atoms. The summed E-state index contributed by atoms with van der Waals surface area (Å²) >= 11 is 3.82. The maximum Gasteiger partial charge on any atom is 0.455 e. The van der Waals surface area contributed by atoms with Crippen LogP contribution < -0.4 is 10.1 Å². The zero-order valence-corrected chi connectivity index (χ0v) is 12.9. The lowest BCUT2D eigenvalue weighted by Crippen LogP contribution is -2.22. The molecule has 0 aliphatic rings. The van der Waals surface area contributed by atoms with Crippen LogP contribution in [0.15, 0.2) is 28.9 Å². The first kappa shape index (κ1) is 15.8. The molecule has 0 saturated carbocycles. The van der Waals surface area contributed by atoms with E-state index in [-0.39, 0.29) is 0 Å². The molecule has 0 fully saturated rings.